The highest BCUT2D eigenvalue weighted by molar-refractivity contribution is 5.12. The fourth-order valence-electron chi connectivity index (χ4n) is 2.65. The Morgan fingerprint density at radius 2 is 2.00 bits per heavy atom. The molecule has 0 bridgehead atoms. The zero-order valence-electron chi connectivity index (χ0n) is 8.55. The van der Waals surface area contributed by atoms with Gasteiger partial charge in [-0.15, -0.1) is 0 Å². The molecule has 2 rings (SSSR count). The molecule has 2 aliphatic rings. The minimum atomic E-state index is -0.522. The lowest BCUT2D eigenvalue weighted by molar-refractivity contribution is 0.0130. The molecule has 0 aliphatic heterocycles. The van der Waals surface area contributed by atoms with E-state index in [0.29, 0.717) is 0 Å². The Hall–Kier alpha value is -0.300. The minimum absolute atomic E-state index is 0.522. The first-order valence-corrected chi connectivity index (χ1v) is 5.50. The maximum Gasteiger partial charge on any atom is 0.0854 e. The van der Waals surface area contributed by atoms with Gasteiger partial charge in [-0.3, -0.25) is 0 Å². The van der Waals surface area contributed by atoms with Crippen LogP contribution in [0, 0.1) is 11.8 Å². The van der Waals surface area contributed by atoms with Crippen LogP contribution in [0.25, 0.3) is 0 Å². The molecule has 2 atom stereocenters. The summed E-state index contributed by atoms with van der Waals surface area (Å²) in [5.41, 5.74) is 0.448. The van der Waals surface area contributed by atoms with Gasteiger partial charge in [0.05, 0.1) is 5.60 Å². The summed E-state index contributed by atoms with van der Waals surface area (Å²) in [6.45, 7) is 5.88. The van der Waals surface area contributed by atoms with Gasteiger partial charge in [0.25, 0.3) is 0 Å². The first-order chi connectivity index (χ1) is 6.12. The molecule has 0 saturated heterocycles. The van der Waals surface area contributed by atoms with Crippen molar-refractivity contribution in [2.75, 3.05) is 0 Å². The van der Waals surface area contributed by atoms with Crippen molar-refractivity contribution in [3.8, 4) is 0 Å². The van der Waals surface area contributed by atoms with E-state index >= 15 is 0 Å². The highest BCUT2D eigenvalue weighted by Gasteiger charge is 2.41. The third kappa shape index (κ3) is 1.80. The molecule has 0 radical (unpaired) electrons. The lowest BCUT2D eigenvalue weighted by Crippen LogP contribution is -2.36. The second kappa shape index (κ2) is 3.13. The van der Waals surface area contributed by atoms with Crippen molar-refractivity contribution in [1.82, 2.24) is 0 Å². The van der Waals surface area contributed by atoms with E-state index in [1.54, 1.807) is 0 Å². The van der Waals surface area contributed by atoms with E-state index in [4.69, 9.17) is 0 Å². The lowest BCUT2D eigenvalue weighted by Gasteiger charge is -2.37. The highest BCUT2D eigenvalue weighted by atomic mass is 16.3. The van der Waals surface area contributed by atoms with E-state index in [1.807, 2.05) is 6.92 Å². The Bertz CT molecular complexity index is 217. The van der Waals surface area contributed by atoms with Gasteiger partial charge in [-0.1, -0.05) is 6.58 Å². The van der Waals surface area contributed by atoms with Crippen LogP contribution in [0.5, 0.6) is 0 Å². The van der Waals surface area contributed by atoms with Gasteiger partial charge in [-0.2, -0.15) is 0 Å². The summed E-state index contributed by atoms with van der Waals surface area (Å²) in [5, 5.41) is 10.3. The maximum atomic E-state index is 10.3. The molecule has 0 aromatic rings. The molecular formula is C12H20O. The van der Waals surface area contributed by atoms with Crippen LogP contribution in [0.3, 0.4) is 0 Å². The van der Waals surface area contributed by atoms with Crippen molar-refractivity contribution in [3.05, 3.63) is 12.2 Å². The van der Waals surface area contributed by atoms with Gasteiger partial charge in [0.1, 0.15) is 0 Å². The van der Waals surface area contributed by atoms with E-state index < -0.39 is 5.60 Å². The molecule has 0 spiro atoms. The van der Waals surface area contributed by atoms with Gasteiger partial charge in [0.15, 0.2) is 0 Å². The number of hydrogen-bond acceptors (Lipinski definition) is 1. The SMILES string of the molecule is C=C(C)C1(O)CCCC(C2CC2)C1. The van der Waals surface area contributed by atoms with Crippen LogP contribution < -0.4 is 0 Å². The predicted molar refractivity (Wildman–Crippen MR) is 54.4 cm³/mol. The molecule has 0 aromatic heterocycles. The Morgan fingerprint density at radius 1 is 1.31 bits per heavy atom. The summed E-state index contributed by atoms with van der Waals surface area (Å²) in [6, 6.07) is 0. The fraction of sp³-hybridized carbons (Fsp3) is 0.833. The Morgan fingerprint density at radius 3 is 2.54 bits per heavy atom. The summed E-state index contributed by atoms with van der Waals surface area (Å²) in [6.07, 6.45) is 7.23. The van der Waals surface area contributed by atoms with E-state index in [9.17, 15) is 5.11 Å². The topological polar surface area (TPSA) is 20.2 Å². The average Bonchev–Trinajstić information content (AvgIpc) is 2.86. The molecule has 1 nitrogen and oxygen atoms in total. The van der Waals surface area contributed by atoms with Gasteiger partial charge in [0, 0.05) is 0 Å². The molecule has 1 heteroatoms. The van der Waals surface area contributed by atoms with Gasteiger partial charge in [0.2, 0.25) is 0 Å². The normalized spacial score (nSPS) is 40.3. The van der Waals surface area contributed by atoms with Crippen LogP contribution in [0.4, 0.5) is 0 Å². The number of aliphatic hydroxyl groups is 1. The summed E-state index contributed by atoms with van der Waals surface area (Å²) in [7, 11) is 0. The van der Waals surface area contributed by atoms with Crippen molar-refractivity contribution in [3.63, 3.8) is 0 Å². The third-order valence-electron chi connectivity index (χ3n) is 3.85. The molecule has 0 amide bonds. The van der Waals surface area contributed by atoms with Crippen LogP contribution in [0.1, 0.15) is 45.4 Å². The van der Waals surface area contributed by atoms with Gasteiger partial charge >= 0.3 is 0 Å². The van der Waals surface area contributed by atoms with Crippen molar-refractivity contribution in [2.45, 2.75) is 51.0 Å². The Labute approximate surface area is 80.8 Å². The van der Waals surface area contributed by atoms with Crippen molar-refractivity contribution >= 4 is 0 Å². The molecule has 2 unspecified atom stereocenters. The van der Waals surface area contributed by atoms with Crippen molar-refractivity contribution in [1.29, 1.82) is 0 Å². The molecule has 74 valence electrons. The minimum Gasteiger partial charge on any atom is -0.386 e. The monoisotopic (exact) mass is 180 g/mol. The smallest absolute Gasteiger partial charge is 0.0854 e. The zero-order chi connectivity index (χ0) is 9.47. The molecule has 0 aromatic carbocycles. The molecule has 0 heterocycles. The van der Waals surface area contributed by atoms with Crippen LogP contribution >= 0.6 is 0 Å². The van der Waals surface area contributed by atoms with E-state index in [2.05, 4.69) is 6.58 Å². The summed E-state index contributed by atoms with van der Waals surface area (Å²) in [4.78, 5) is 0. The fourth-order valence-corrected chi connectivity index (χ4v) is 2.65. The summed E-state index contributed by atoms with van der Waals surface area (Å²) < 4.78 is 0. The first kappa shape index (κ1) is 9.26. The van der Waals surface area contributed by atoms with Crippen LogP contribution in [-0.2, 0) is 0 Å². The largest absolute Gasteiger partial charge is 0.386 e. The van der Waals surface area contributed by atoms with Gasteiger partial charge < -0.3 is 5.11 Å². The standard InChI is InChI=1S/C12H20O/c1-9(2)12(13)7-3-4-11(8-12)10-5-6-10/h10-11,13H,1,3-8H2,2H3. The predicted octanol–water partition coefficient (Wildman–Crippen LogP) is 2.89. The maximum absolute atomic E-state index is 10.3. The van der Waals surface area contributed by atoms with Crippen LogP contribution in [0.15, 0.2) is 12.2 Å². The summed E-state index contributed by atoms with van der Waals surface area (Å²) >= 11 is 0. The number of rotatable bonds is 2. The van der Waals surface area contributed by atoms with Crippen LogP contribution in [-0.4, -0.2) is 10.7 Å². The lowest BCUT2D eigenvalue weighted by atomic mass is 9.73. The quantitative estimate of drug-likeness (QED) is 0.648. The second-order valence-corrected chi connectivity index (χ2v) is 5.01. The molecule has 13 heavy (non-hydrogen) atoms. The molecule has 1 N–H and O–H groups in total. The Balaban J connectivity index is 2.01. The van der Waals surface area contributed by atoms with E-state index in [-0.39, 0.29) is 0 Å². The van der Waals surface area contributed by atoms with Crippen molar-refractivity contribution in [2.24, 2.45) is 11.8 Å². The second-order valence-electron chi connectivity index (χ2n) is 5.01. The van der Waals surface area contributed by atoms with Crippen molar-refractivity contribution < 1.29 is 5.11 Å². The molecule has 2 saturated carbocycles. The zero-order valence-corrected chi connectivity index (χ0v) is 8.55. The third-order valence-corrected chi connectivity index (χ3v) is 3.85. The van der Waals surface area contributed by atoms with E-state index in [1.165, 1.54) is 25.7 Å². The first-order valence-electron chi connectivity index (χ1n) is 5.50. The highest BCUT2D eigenvalue weighted by Crippen LogP contribution is 2.47. The average molecular weight is 180 g/mol. The van der Waals surface area contributed by atoms with Gasteiger partial charge in [-0.05, 0) is 62.9 Å². The van der Waals surface area contributed by atoms with E-state index in [0.717, 1.165) is 30.3 Å². The number of hydrogen-bond donors (Lipinski definition) is 1. The van der Waals surface area contributed by atoms with Crippen LogP contribution in [0.2, 0.25) is 0 Å². The van der Waals surface area contributed by atoms with Gasteiger partial charge in [-0.25, -0.2) is 0 Å². The summed E-state index contributed by atoms with van der Waals surface area (Å²) in [5.74, 6) is 1.72. The molecular weight excluding hydrogens is 160 g/mol. The molecule has 2 fully saturated rings. The molecule has 2 aliphatic carbocycles. The Kier molecular flexibility index (Phi) is 2.23.